The van der Waals surface area contributed by atoms with E-state index in [2.05, 4.69) is 26.0 Å². The average Bonchev–Trinajstić information content (AvgIpc) is 3.25. The predicted octanol–water partition coefficient (Wildman–Crippen LogP) is 3.07. The zero-order valence-corrected chi connectivity index (χ0v) is 12.9. The molecule has 4 rings (SSSR count). The van der Waals surface area contributed by atoms with E-state index in [9.17, 15) is 0 Å². The van der Waals surface area contributed by atoms with Gasteiger partial charge in [-0.1, -0.05) is 28.9 Å². The van der Waals surface area contributed by atoms with Crippen LogP contribution in [0.15, 0.2) is 53.3 Å². The highest BCUT2D eigenvalue weighted by Crippen LogP contribution is 2.31. The summed E-state index contributed by atoms with van der Waals surface area (Å²) in [6, 6.07) is 11.7. The molecule has 7 heteroatoms. The van der Waals surface area contributed by atoms with Crippen molar-refractivity contribution in [2.24, 2.45) is 0 Å². The van der Waals surface area contributed by atoms with Crippen LogP contribution in [0.5, 0.6) is 0 Å². The minimum absolute atomic E-state index is 0.0445. The molecule has 6 nitrogen and oxygen atoms in total. The summed E-state index contributed by atoms with van der Waals surface area (Å²) in [4.78, 5) is 8.53. The molecule has 1 fully saturated rings. The van der Waals surface area contributed by atoms with Gasteiger partial charge in [-0.2, -0.15) is 4.98 Å². The van der Waals surface area contributed by atoms with Gasteiger partial charge in [-0.15, -0.1) is 0 Å². The SMILES string of the molecule is Clc1cccc(C2CC(c3nc(-c4cccnc4)no3)NN2)c1. The Morgan fingerprint density at radius 2 is 2.04 bits per heavy atom. The molecule has 2 N–H and O–H groups in total. The van der Waals surface area contributed by atoms with Crippen molar-refractivity contribution >= 4 is 11.6 Å². The van der Waals surface area contributed by atoms with Crippen LogP contribution in [0.2, 0.25) is 5.02 Å². The molecular weight excluding hydrogens is 314 g/mol. The highest BCUT2D eigenvalue weighted by Gasteiger charge is 2.30. The summed E-state index contributed by atoms with van der Waals surface area (Å²) in [6.07, 6.45) is 4.22. The Morgan fingerprint density at radius 3 is 2.87 bits per heavy atom. The first-order chi connectivity index (χ1) is 11.3. The largest absolute Gasteiger partial charge is 0.337 e. The molecule has 23 heavy (non-hydrogen) atoms. The van der Waals surface area contributed by atoms with Gasteiger partial charge in [-0.05, 0) is 36.2 Å². The molecule has 2 atom stereocenters. The second-order valence-electron chi connectivity index (χ2n) is 5.38. The van der Waals surface area contributed by atoms with Gasteiger partial charge in [0.1, 0.15) is 6.04 Å². The van der Waals surface area contributed by atoms with E-state index in [1.165, 1.54) is 0 Å². The van der Waals surface area contributed by atoms with Crippen LogP contribution in [0, 0.1) is 0 Å². The average molecular weight is 328 g/mol. The van der Waals surface area contributed by atoms with Crippen LogP contribution < -0.4 is 10.9 Å². The molecule has 3 heterocycles. The highest BCUT2D eigenvalue weighted by molar-refractivity contribution is 6.30. The van der Waals surface area contributed by atoms with Gasteiger partial charge in [0.05, 0.1) is 0 Å². The fourth-order valence-corrected chi connectivity index (χ4v) is 2.85. The number of halogens is 1. The summed E-state index contributed by atoms with van der Waals surface area (Å²) in [5.41, 5.74) is 8.41. The normalized spacial score (nSPS) is 20.7. The molecular formula is C16H14ClN5O. The van der Waals surface area contributed by atoms with Crippen molar-refractivity contribution in [3.05, 3.63) is 65.3 Å². The maximum atomic E-state index is 6.05. The number of nitrogens with zero attached hydrogens (tertiary/aromatic N) is 3. The van der Waals surface area contributed by atoms with Crippen LogP contribution in [-0.4, -0.2) is 15.1 Å². The number of hydrazine groups is 1. The van der Waals surface area contributed by atoms with Gasteiger partial charge >= 0.3 is 0 Å². The van der Waals surface area contributed by atoms with Gasteiger partial charge < -0.3 is 4.52 Å². The van der Waals surface area contributed by atoms with E-state index in [1.54, 1.807) is 12.4 Å². The standard InChI is InChI=1S/C16H14ClN5O/c17-12-5-1-3-10(7-12)13-8-14(21-20-13)16-19-15(22-23-16)11-4-2-6-18-9-11/h1-7,9,13-14,20-21H,8H2. The van der Waals surface area contributed by atoms with Gasteiger partial charge in [-0.3, -0.25) is 4.98 Å². The number of nitrogens with one attached hydrogen (secondary N) is 2. The number of hydrogen-bond donors (Lipinski definition) is 2. The quantitative estimate of drug-likeness (QED) is 0.770. The number of hydrogen-bond acceptors (Lipinski definition) is 6. The van der Waals surface area contributed by atoms with Gasteiger partial charge in [-0.25, -0.2) is 10.9 Å². The van der Waals surface area contributed by atoms with E-state index < -0.39 is 0 Å². The maximum Gasteiger partial charge on any atom is 0.245 e. The summed E-state index contributed by atoms with van der Waals surface area (Å²) >= 11 is 6.05. The maximum absolute atomic E-state index is 6.05. The van der Waals surface area contributed by atoms with E-state index in [4.69, 9.17) is 16.1 Å². The van der Waals surface area contributed by atoms with Crippen molar-refractivity contribution in [3.8, 4) is 11.4 Å². The van der Waals surface area contributed by atoms with Crippen LogP contribution >= 0.6 is 11.6 Å². The summed E-state index contributed by atoms with van der Waals surface area (Å²) in [6.45, 7) is 0. The number of benzene rings is 1. The number of aromatic nitrogens is 3. The third-order valence-electron chi connectivity index (χ3n) is 3.81. The van der Waals surface area contributed by atoms with Crippen LogP contribution in [0.25, 0.3) is 11.4 Å². The molecule has 0 spiro atoms. The molecule has 0 aliphatic carbocycles. The van der Waals surface area contributed by atoms with Crippen LogP contribution in [0.3, 0.4) is 0 Å². The molecule has 1 aromatic carbocycles. The molecule has 1 aliphatic heterocycles. The molecule has 3 aromatic rings. The van der Waals surface area contributed by atoms with E-state index >= 15 is 0 Å². The molecule has 1 saturated heterocycles. The molecule has 0 saturated carbocycles. The summed E-state index contributed by atoms with van der Waals surface area (Å²) < 4.78 is 5.39. The Morgan fingerprint density at radius 1 is 1.13 bits per heavy atom. The Labute approximate surface area is 137 Å². The van der Waals surface area contributed by atoms with Crippen molar-refractivity contribution in [1.29, 1.82) is 0 Å². The van der Waals surface area contributed by atoms with Gasteiger partial charge in [0.2, 0.25) is 11.7 Å². The van der Waals surface area contributed by atoms with E-state index in [1.807, 2.05) is 36.4 Å². The Hall–Kier alpha value is -2.28. The van der Waals surface area contributed by atoms with E-state index in [0.29, 0.717) is 11.7 Å². The number of pyridine rings is 1. The molecule has 0 amide bonds. The Kier molecular flexibility index (Phi) is 3.78. The van der Waals surface area contributed by atoms with Crippen molar-refractivity contribution in [3.63, 3.8) is 0 Å². The smallest absolute Gasteiger partial charge is 0.245 e. The zero-order valence-electron chi connectivity index (χ0n) is 12.1. The monoisotopic (exact) mass is 327 g/mol. The van der Waals surface area contributed by atoms with Crippen molar-refractivity contribution in [2.75, 3.05) is 0 Å². The first kappa shape index (κ1) is 14.3. The van der Waals surface area contributed by atoms with E-state index in [0.717, 1.165) is 22.6 Å². The summed E-state index contributed by atoms with van der Waals surface area (Å²) in [5, 5.41) is 4.75. The zero-order chi connectivity index (χ0) is 15.6. The second-order valence-corrected chi connectivity index (χ2v) is 5.82. The highest BCUT2D eigenvalue weighted by atomic mass is 35.5. The van der Waals surface area contributed by atoms with E-state index in [-0.39, 0.29) is 12.1 Å². The predicted molar refractivity (Wildman–Crippen MR) is 85.4 cm³/mol. The lowest BCUT2D eigenvalue weighted by atomic mass is 10.0. The number of rotatable bonds is 3. The van der Waals surface area contributed by atoms with Gasteiger partial charge in [0.25, 0.3) is 0 Å². The Bertz CT molecular complexity index is 807. The summed E-state index contributed by atoms with van der Waals surface area (Å²) in [7, 11) is 0. The topological polar surface area (TPSA) is 75.9 Å². The van der Waals surface area contributed by atoms with Crippen molar-refractivity contribution in [1.82, 2.24) is 26.0 Å². The van der Waals surface area contributed by atoms with Crippen LogP contribution in [0.4, 0.5) is 0 Å². The first-order valence-electron chi connectivity index (χ1n) is 7.30. The molecule has 116 valence electrons. The fourth-order valence-electron chi connectivity index (χ4n) is 2.65. The molecule has 0 bridgehead atoms. The van der Waals surface area contributed by atoms with Crippen LogP contribution in [-0.2, 0) is 0 Å². The second kappa shape index (κ2) is 6.08. The molecule has 2 unspecified atom stereocenters. The first-order valence-corrected chi connectivity index (χ1v) is 7.68. The fraction of sp³-hybridized carbons (Fsp3) is 0.188. The van der Waals surface area contributed by atoms with Crippen molar-refractivity contribution in [2.45, 2.75) is 18.5 Å². The molecule has 2 aromatic heterocycles. The minimum Gasteiger partial charge on any atom is -0.337 e. The molecule has 1 aliphatic rings. The Balaban J connectivity index is 1.51. The lowest BCUT2D eigenvalue weighted by molar-refractivity contribution is 0.340. The van der Waals surface area contributed by atoms with Gasteiger partial charge in [0, 0.05) is 29.0 Å². The lowest BCUT2D eigenvalue weighted by Gasteiger charge is -2.09. The summed E-state index contributed by atoms with van der Waals surface area (Å²) in [5.74, 6) is 1.10. The third-order valence-corrected chi connectivity index (χ3v) is 4.05. The lowest BCUT2D eigenvalue weighted by Crippen LogP contribution is -2.26. The van der Waals surface area contributed by atoms with Crippen LogP contribution in [0.1, 0.15) is 30.0 Å². The van der Waals surface area contributed by atoms with Crippen molar-refractivity contribution < 1.29 is 4.52 Å². The molecule has 0 radical (unpaired) electrons. The van der Waals surface area contributed by atoms with Gasteiger partial charge in [0.15, 0.2) is 0 Å². The minimum atomic E-state index is -0.0445. The third kappa shape index (κ3) is 2.96.